The number of hydrogen-bond donors (Lipinski definition) is 6. The summed E-state index contributed by atoms with van der Waals surface area (Å²) in [6.07, 6.45) is -7.26. The summed E-state index contributed by atoms with van der Waals surface area (Å²) in [6.45, 7) is 17.8. The first kappa shape index (κ1) is 41.5. The van der Waals surface area contributed by atoms with Gasteiger partial charge in [0.2, 0.25) is 0 Å². The molecule has 6 N–H and O–H groups in total. The lowest BCUT2D eigenvalue weighted by atomic mass is 9.77. The number of carbonyl (C=O) groups excluding carboxylic acids is 1. The quantitative estimate of drug-likeness (QED) is 0.223. The highest BCUT2D eigenvalue weighted by Gasteiger charge is 2.51. The molecule has 3 aliphatic rings. The SMILES string of the molecule is CC[C@H]1OC(=O)[C@H](C)[C@@H](O[C@H]2C[C@@](C)(OC)[C@@H](O)[C@H](C)O2)[C@H](C)[C@@H](O[C@@H]2O[C@H](C)CC[C@H]2O)C(C)(O)C[C@H](C)CN[C@H](C)[C@@H](O)[C@]1(C)O. The molecule has 13 nitrogen and oxygen atoms in total. The summed E-state index contributed by atoms with van der Waals surface area (Å²) in [4.78, 5) is 14.0. The van der Waals surface area contributed by atoms with Gasteiger partial charge in [0, 0.05) is 25.5 Å². The number of aliphatic hydroxyl groups excluding tert-OH is 3. The van der Waals surface area contributed by atoms with Crippen LogP contribution >= 0.6 is 0 Å². The molecule has 0 radical (unpaired) electrons. The highest BCUT2D eigenvalue weighted by Crippen LogP contribution is 2.39. The molecule has 1 unspecified atom stereocenters. The van der Waals surface area contributed by atoms with Crippen LogP contribution in [0.2, 0.25) is 0 Å². The molecule has 0 spiro atoms. The molecule has 0 aromatic carbocycles. The molecule has 0 aliphatic carbocycles. The van der Waals surface area contributed by atoms with Crippen LogP contribution in [0.25, 0.3) is 0 Å². The van der Waals surface area contributed by atoms with Gasteiger partial charge in [-0.1, -0.05) is 20.8 Å². The molecule has 0 aromatic rings. The molecule has 0 amide bonds. The van der Waals surface area contributed by atoms with Crippen LogP contribution < -0.4 is 5.32 Å². The third-order valence-electron chi connectivity index (χ3n) is 11.0. The van der Waals surface area contributed by atoms with Crippen LogP contribution in [0.15, 0.2) is 0 Å². The Morgan fingerprint density at radius 2 is 1.56 bits per heavy atom. The molecular weight excluding hydrogens is 626 g/mol. The van der Waals surface area contributed by atoms with E-state index in [1.54, 1.807) is 41.5 Å². The molecule has 3 heterocycles. The van der Waals surface area contributed by atoms with E-state index in [2.05, 4.69) is 5.32 Å². The number of hydrogen-bond acceptors (Lipinski definition) is 13. The number of methoxy groups -OCH3 is 1. The topological polar surface area (TPSA) is 186 Å². The second-order valence-corrected chi connectivity index (χ2v) is 15.6. The fraction of sp³-hybridized carbons (Fsp3) is 0.971. The van der Waals surface area contributed by atoms with Crippen LogP contribution in [0, 0.1) is 17.8 Å². The monoisotopic (exact) mass is 691 g/mol. The normalized spacial score (nSPS) is 50.6. The van der Waals surface area contributed by atoms with E-state index in [9.17, 15) is 30.3 Å². The van der Waals surface area contributed by atoms with Crippen LogP contribution in [-0.4, -0.2) is 129 Å². The van der Waals surface area contributed by atoms with E-state index in [4.69, 9.17) is 28.4 Å². The van der Waals surface area contributed by atoms with Gasteiger partial charge in [-0.15, -0.1) is 0 Å². The predicted octanol–water partition coefficient (Wildman–Crippen LogP) is 2.02. The number of nitrogens with one attached hydrogen (secondary N) is 1. The summed E-state index contributed by atoms with van der Waals surface area (Å²) in [5.41, 5.74) is -4.32. The van der Waals surface area contributed by atoms with E-state index in [0.29, 0.717) is 19.4 Å². The zero-order valence-corrected chi connectivity index (χ0v) is 30.9. The van der Waals surface area contributed by atoms with Crippen LogP contribution in [0.5, 0.6) is 0 Å². The predicted molar refractivity (Wildman–Crippen MR) is 177 cm³/mol. The minimum Gasteiger partial charge on any atom is -0.459 e. The fourth-order valence-corrected chi connectivity index (χ4v) is 7.76. The van der Waals surface area contributed by atoms with Gasteiger partial charge in [0.1, 0.15) is 30.0 Å². The van der Waals surface area contributed by atoms with Gasteiger partial charge in [-0.05, 0) is 86.6 Å². The van der Waals surface area contributed by atoms with Gasteiger partial charge in [-0.25, -0.2) is 0 Å². The first-order valence-corrected chi connectivity index (χ1v) is 17.8. The van der Waals surface area contributed by atoms with Crippen molar-refractivity contribution < 1.29 is 58.7 Å². The average molecular weight is 692 g/mol. The molecule has 0 aromatic heterocycles. The first-order valence-electron chi connectivity index (χ1n) is 17.8. The molecule has 3 rings (SSSR count). The maximum atomic E-state index is 14.0. The van der Waals surface area contributed by atoms with E-state index in [-0.39, 0.29) is 31.3 Å². The summed E-state index contributed by atoms with van der Waals surface area (Å²) in [5.74, 6) is -2.53. The Kier molecular flexibility index (Phi) is 14.3. The van der Waals surface area contributed by atoms with Crippen LogP contribution in [0.1, 0.15) is 101 Å². The molecule has 48 heavy (non-hydrogen) atoms. The van der Waals surface area contributed by atoms with Crippen molar-refractivity contribution in [1.29, 1.82) is 0 Å². The molecular formula is C35H65NO12. The summed E-state index contributed by atoms with van der Waals surface area (Å²) in [6, 6.07) is -0.576. The summed E-state index contributed by atoms with van der Waals surface area (Å²) in [7, 11) is 1.50. The Labute approximate surface area is 286 Å². The zero-order chi connectivity index (χ0) is 36.4. The first-order chi connectivity index (χ1) is 22.2. The number of aliphatic hydroxyl groups is 5. The minimum absolute atomic E-state index is 0.137. The van der Waals surface area contributed by atoms with Crippen molar-refractivity contribution >= 4 is 5.97 Å². The Morgan fingerprint density at radius 3 is 2.17 bits per heavy atom. The third kappa shape index (κ3) is 9.47. The Hall–Kier alpha value is -0.970. The smallest absolute Gasteiger partial charge is 0.311 e. The number of esters is 1. The van der Waals surface area contributed by atoms with Crippen LogP contribution in [0.4, 0.5) is 0 Å². The molecule has 3 fully saturated rings. The van der Waals surface area contributed by atoms with E-state index in [1.807, 2.05) is 20.8 Å². The zero-order valence-electron chi connectivity index (χ0n) is 30.9. The fourth-order valence-electron chi connectivity index (χ4n) is 7.76. The van der Waals surface area contributed by atoms with Gasteiger partial charge in [-0.2, -0.15) is 0 Å². The standard InChI is InChI=1S/C35H65NO12/c1-12-25-35(10,42)28(38)22(6)36-17-18(2)15-33(8,41)30(48-32-24(37)14-13-19(3)44-32)20(4)27(21(5)31(40)46-25)47-26-16-34(9,43-11)29(39)23(7)45-26/h18-30,32,36-39,41-42H,12-17H2,1-11H3/t18-,19+,20-,21+,22+,23-,24+,25+,26-,27-,28+,29-,30+,32-,33?,34+,35+/m0/s1. The average Bonchev–Trinajstić information content (AvgIpc) is 3.02. The van der Waals surface area contributed by atoms with Crippen molar-refractivity contribution in [2.45, 2.75) is 186 Å². The number of cyclic esters (lactones) is 1. The Balaban J connectivity index is 2.11. The molecule has 13 heteroatoms. The Morgan fingerprint density at radius 1 is 0.917 bits per heavy atom. The molecule has 0 bridgehead atoms. The van der Waals surface area contributed by atoms with Crippen molar-refractivity contribution in [2.24, 2.45) is 17.8 Å². The molecule has 0 saturated carbocycles. The van der Waals surface area contributed by atoms with E-state index in [1.165, 1.54) is 14.0 Å². The van der Waals surface area contributed by atoms with Gasteiger partial charge in [0.15, 0.2) is 12.6 Å². The van der Waals surface area contributed by atoms with Gasteiger partial charge >= 0.3 is 5.97 Å². The lowest BCUT2D eigenvalue weighted by Gasteiger charge is -2.48. The number of rotatable bonds is 6. The van der Waals surface area contributed by atoms with Gasteiger partial charge in [0.25, 0.3) is 0 Å². The minimum atomic E-state index is -1.79. The number of ether oxygens (including phenoxy) is 6. The van der Waals surface area contributed by atoms with E-state index in [0.717, 1.165) is 0 Å². The molecule has 17 atom stereocenters. The van der Waals surface area contributed by atoms with Crippen LogP contribution in [-0.2, 0) is 33.2 Å². The number of carbonyl (C=O) groups is 1. The largest absolute Gasteiger partial charge is 0.459 e. The van der Waals surface area contributed by atoms with Crippen molar-refractivity contribution in [3.05, 3.63) is 0 Å². The maximum Gasteiger partial charge on any atom is 0.311 e. The summed E-state index contributed by atoms with van der Waals surface area (Å²) >= 11 is 0. The third-order valence-corrected chi connectivity index (χ3v) is 11.0. The van der Waals surface area contributed by atoms with Gasteiger partial charge in [-0.3, -0.25) is 4.79 Å². The van der Waals surface area contributed by atoms with Gasteiger partial charge in [0.05, 0.1) is 41.5 Å². The highest BCUT2D eigenvalue weighted by atomic mass is 16.7. The lowest BCUT2D eigenvalue weighted by Crippen LogP contribution is -2.59. The summed E-state index contributed by atoms with van der Waals surface area (Å²) < 4.78 is 36.9. The summed E-state index contributed by atoms with van der Waals surface area (Å²) in [5, 5.41) is 60.0. The van der Waals surface area contributed by atoms with Crippen molar-refractivity contribution in [1.82, 2.24) is 5.32 Å². The van der Waals surface area contributed by atoms with E-state index < -0.39 is 96.0 Å². The Bertz CT molecular complexity index is 1030. The molecule has 3 saturated heterocycles. The van der Waals surface area contributed by atoms with Crippen molar-refractivity contribution in [3.8, 4) is 0 Å². The van der Waals surface area contributed by atoms with Gasteiger partial charge < -0.3 is 59.3 Å². The second kappa shape index (κ2) is 16.6. The molecule has 282 valence electrons. The second-order valence-electron chi connectivity index (χ2n) is 15.6. The van der Waals surface area contributed by atoms with Crippen LogP contribution in [0.3, 0.4) is 0 Å². The molecule has 3 aliphatic heterocycles. The lowest BCUT2D eigenvalue weighted by molar-refractivity contribution is -0.314. The van der Waals surface area contributed by atoms with Crippen molar-refractivity contribution in [3.63, 3.8) is 0 Å². The maximum absolute atomic E-state index is 14.0. The highest BCUT2D eigenvalue weighted by molar-refractivity contribution is 5.73. The van der Waals surface area contributed by atoms with Crippen molar-refractivity contribution in [2.75, 3.05) is 13.7 Å². The van der Waals surface area contributed by atoms with E-state index >= 15 is 0 Å².